The van der Waals surface area contributed by atoms with E-state index in [1.165, 1.54) is 0 Å². The highest BCUT2D eigenvalue weighted by molar-refractivity contribution is 6.35. The largest absolute Gasteiger partial charge is 0.346 e. The van der Waals surface area contributed by atoms with Crippen LogP contribution in [0.5, 0.6) is 0 Å². The second-order valence-corrected chi connectivity index (χ2v) is 1.62. The molecule has 0 atom stereocenters. The third kappa shape index (κ3) is 3.77. The summed E-state index contributed by atoms with van der Waals surface area (Å²) in [7, 11) is 0. The van der Waals surface area contributed by atoms with Gasteiger partial charge in [-0.05, 0) is 0 Å². The first-order valence-corrected chi connectivity index (χ1v) is 2.81. The second kappa shape index (κ2) is 5.07. The molecule has 0 aromatic carbocycles. The van der Waals surface area contributed by atoms with Gasteiger partial charge in [0.25, 0.3) is 0 Å². The zero-order valence-corrected chi connectivity index (χ0v) is 5.68. The van der Waals surface area contributed by atoms with E-state index in [1.54, 1.807) is 0 Å². The van der Waals surface area contributed by atoms with E-state index >= 15 is 0 Å². The zero-order chi connectivity index (χ0) is 8.69. The fourth-order valence-corrected chi connectivity index (χ4v) is 0.513. The van der Waals surface area contributed by atoms with E-state index in [0.29, 0.717) is 13.1 Å². The lowest BCUT2D eigenvalue weighted by Crippen LogP contribution is -2.49. The number of piperazine rings is 1. The molecule has 1 rings (SSSR count). The molecule has 0 radical (unpaired) electrons. The maximum absolute atomic E-state index is 10.3. The third-order valence-corrected chi connectivity index (χ3v) is 0.902. The van der Waals surface area contributed by atoms with E-state index in [2.05, 4.69) is 10.6 Å². The number of amides is 2. The van der Waals surface area contributed by atoms with Crippen molar-refractivity contribution in [3.8, 4) is 0 Å². The lowest BCUT2D eigenvalue weighted by molar-refractivity contribution is -0.140. The van der Waals surface area contributed by atoms with E-state index in [0.717, 1.165) is 0 Å². The van der Waals surface area contributed by atoms with Gasteiger partial charge in [0.1, 0.15) is 11.1 Å². The summed E-state index contributed by atoms with van der Waals surface area (Å²) in [5.74, 6) is -1.06. The highest BCUT2D eigenvalue weighted by Crippen LogP contribution is 1.73. The molecule has 11 heavy (non-hydrogen) atoms. The maximum Gasteiger partial charge on any atom is 0.309 e. The predicted octanol–water partition coefficient (Wildman–Crippen LogP) is -1.65. The van der Waals surface area contributed by atoms with Gasteiger partial charge < -0.3 is 10.6 Å². The molecule has 0 saturated carbocycles. The number of nitrogens with zero attached hydrogens (tertiary/aromatic N) is 1. The average Bonchev–Trinajstić information content (AvgIpc) is 1.97. The molecular weight excluding hydrogens is 150 g/mol. The quantitative estimate of drug-likeness (QED) is 0.192. The van der Waals surface area contributed by atoms with Gasteiger partial charge in [-0.3, -0.25) is 9.59 Å². The number of hydrogen-bond acceptors (Lipinski definition) is 4. The third-order valence-electron chi connectivity index (χ3n) is 0.902. The Balaban J connectivity index is 0.000000292. The van der Waals surface area contributed by atoms with E-state index in [1.807, 2.05) is 4.91 Å². The predicted molar refractivity (Wildman–Crippen MR) is 33.6 cm³/mol. The van der Waals surface area contributed by atoms with Crippen molar-refractivity contribution in [3.63, 3.8) is 0 Å². The van der Waals surface area contributed by atoms with Crippen LogP contribution in [0.3, 0.4) is 0 Å². The highest BCUT2D eigenvalue weighted by Gasteiger charge is 2.15. The first-order valence-electron chi connectivity index (χ1n) is 2.81. The van der Waals surface area contributed by atoms with Crippen molar-refractivity contribution in [2.24, 2.45) is 0 Å². The standard InChI is InChI=1S/C4H6N2O2.H2N3/c7-3-4(8)6-2-1-5-3;1-3-2/h1-2H2,(H,5,7)(H,6,8);1-2H/q;+1. The van der Waals surface area contributed by atoms with Crippen LogP contribution in [0.25, 0.3) is 0 Å². The molecule has 0 bridgehead atoms. The highest BCUT2D eigenvalue weighted by atomic mass is 16.2. The summed E-state index contributed by atoms with van der Waals surface area (Å²) < 4.78 is 0. The fourth-order valence-electron chi connectivity index (χ4n) is 0.513. The topological polar surface area (TPSA) is 120 Å². The van der Waals surface area contributed by atoms with Crippen LogP contribution in [0.15, 0.2) is 0 Å². The first kappa shape index (κ1) is 9.25. The molecule has 0 unspecified atom stereocenters. The lowest BCUT2D eigenvalue weighted by atomic mass is 10.4. The smallest absolute Gasteiger partial charge is 0.309 e. The molecule has 2 amide bonds. The molecule has 4 N–H and O–H groups in total. The summed E-state index contributed by atoms with van der Waals surface area (Å²) in [5.41, 5.74) is 11.0. The van der Waals surface area contributed by atoms with Crippen molar-refractivity contribution >= 4 is 11.8 Å². The minimum atomic E-state index is -0.531. The maximum atomic E-state index is 10.3. The fraction of sp³-hybridized carbons (Fsp3) is 0.500. The molecule has 1 aliphatic heterocycles. The molecule has 0 aromatic rings. The SMILES string of the molecule is N=[N+]=N.O=C1NCCNC1=O. The summed E-state index contributed by atoms with van der Waals surface area (Å²) in [5, 5.41) is 4.76. The molecule has 1 aliphatic rings. The molecule has 0 aromatic heterocycles. The number of rotatable bonds is 0. The minimum absolute atomic E-state index is 0.531. The van der Waals surface area contributed by atoms with Gasteiger partial charge >= 0.3 is 11.8 Å². The molecular formula is C4H8N5O2+. The van der Waals surface area contributed by atoms with Crippen LogP contribution in [0.1, 0.15) is 0 Å². The van der Waals surface area contributed by atoms with Crippen molar-refractivity contribution in [1.82, 2.24) is 15.5 Å². The van der Waals surface area contributed by atoms with E-state index in [9.17, 15) is 9.59 Å². The lowest BCUT2D eigenvalue weighted by Gasteiger charge is -2.10. The molecule has 1 heterocycles. The summed E-state index contributed by atoms with van der Waals surface area (Å²) in [6.07, 6.45) is 0. The van der Waals surface area contributed by atoms with Gasteiger partial charge in [0, 0.05) is 13.1 Å². The van der Waals surface area contributed by atoms with Crippen molar-refractivity contribution in [2.45, 2.75) is 0 Å². The van der Waals surface area contributed by atoms with Gasteiger partial charge in [0.05, 0.1) is 0 Å². The van der Waals surface area contributed by atoms with Crippen LogP contribution in [0.4, 0.5) is 0 Å². The Morgan fingerprint density at radius 1 is 1.09 bits per heavy atom. The van der Waals surface area contributed by atoms with E-state index in [-0.39, 0.29) is 0 Å². The van der Waals surface area contributed by atoms with Gasteiger partial charge in [-0.25, -0.2) is 0 Å². The number of hydrogen-bond donors (Lipinski definition) is 4. The van der Waals surface area contributed by atoms with Crippen LogP contribution in [0.2, 0.25) is 0 Å². The molecule has 1 saturated heterocycles. The summed E-state index contributed by atoms with van der Waals surface area (Å²) in [6, 6.07) is 0. The van der Waals surface area contributed by atoms with Gasteiger partial charge in [-0.2, -0.15) is 0 Å². The average molecular weight is 158 g/mol. The van der Waals surface area contributed by atoms with Crippen LogP contribution in [0, 0.1) is 11.1 Å². The summed E-state index contributed by atoms with van der Waals surface area (Å²) >= 11 is 0. The summed E-state index contributed by atoms with van der Waals surface area (Å²) in [4.78, 5) is 22.5. The monoisotopic (exact) mass is 158 g/mol. The Kier molecular flexibility index (Phi) is 4.26. The van der Waals surface area contributed by atoms with Gasteiger partial charge in [0.15, 0.2) is 0 Å². The first-order chi connectivity index (χ1) is 5.22. The molecule has 60 valence electrons. The van der Waals surface area contributed by atoms with Gasteiger partial charge in [0.2, 0.25) is 4.91 Å². The normalized spacial score (nSPS) is 14.9. The van der Waals surface area contributed by atoms with Crippen molar-refractivity contribution in [2.75, 3.05) is 13.1 Å². The van der Waals surface area contributed by atoms with Gasteiger partial charge in [-0.1, -0.05) is 0 Å². The Hall–Kier alpha value is -1.75. The van der Waals surface area contributed by atoms with E-state index < -0.39 is 11.8 Å². The molecule has 7 nitrogen and oxygen atoms in total. The molecule has 1 fully saturated rings. The minimum Gasteiger partial charge on any atom is -0.346 e. The van der Waals surface area contributed by atoms with Crippen LogP contribution >= 0.6 is 0 Å². The molecule has 0 spiro atoms. The Bertz CT molecular complexity index is 179. The van der Waals surface area contributed by atoms with Gasteiger partial charge in [-0.15, -0.1) is 0 Å². The Labute approximate surface area is 62.2 Å². The number of nitrogens with one attached hydrogen (secondary N) is 4. The molecule has 0 aliphatic carbocycles. The van der Waals surface area contributed by atoms with Crippen LogP contribution in [-0.4, -0.2) is 24.9 Å². The molecule has 7 heteroatoms. The zero-order valence-electron chi connectivity index (χ0n) is 5.68. The van der Waals surface area contributed by atoms with Crippen molar-refractivity contribution < 1.29 is 9.59 Å². The Morgan fingerprint density at radius 3 is 1.55 bits per heavy atom. The second-order valence-electron chi connectivity index (χ2n) is 1.62. The van der Waals surface area contributed by atoms with Crippen LogP contribution in [-0.2, 0) is 9.59 Å². The van der Waals surface area contributed by atoms with Crippen molar-refractivity contribution in [1.29, 1.82) is 11.1 Å². The number of carbonyl (C=O) groups is 2. The number of carbonyl (C=O) groups excluding carboxylic acids is 2. The van der Waals surface area contributed by atoms with Crippen molar-refractivity contribution in [3.05, 3.63) is 0 Å². The van der Waals surface area contributed by atoms with Crippen LogP contribution < -0.4 is 15.5 Å². The Morgan fingerprint density at radius 2 is 1.36 bits per heavy atom. The summed E-state index contributed by atoms with van der Waals surface area (Å²) in [6.45, 7) is 1.09. The van der Waals surface area contributed by atoms with E-state index in [4.69, 9.17) is 11.1 Å².